The molecule has 0 fully saturated rings. The van der Waals surface area contributed by atoms with Crippen LogP contribution in [-0.2, 0) is 19.1 Å². The molecule has 0 saturated carbocycles. The van der Waals surface area contributed by atoms with E-state index in [0.29, 0.717) is 11.4 Å². The molecular weight excluding hydrogens is 276 g/mol. The molecule has 0 bridgehead atoms. The minimum absolute atomic E-state index is 0.0465. The summed E-state index contributed by atoms with van der Waals surface area (Å²) < 4.78 is 4.33. The number of ether oxygens (including phenoxy) is 1. The molecule has 0 aliphatic heterocycles. The van der Waals surface area contributed by atoms with Crippen LogP contribution in [0, 0.1) is 6.92 Å². The lowest BCUT2D eigenvalue weighted by molar-refractivity contribution is -0.138. The summed E-state index contributed by atoms with van der Waals surface area (Å²) in [5.74, 6) is -0.501. The van der Waals surface area contributed by atoms with E-state index < -0.39 is 5.97 Å². The van der Waals surface area contributed by atoms with E-state index in [1.807, 2.05) is 0 Å². The van der Waals surface area contributed by atoms with Gasteiger partial charge < -0.3 is 9.84 Å². The van der Waals surface area contributed by atoms with Crippen molar-refractivity contribution in [2.24, 2.45) is 9.98 Å². The van der Waals surface area contributed by atoms with Gasteiger partial charge in [-0.05, 0) is 24.6 Å². The predicted molar refractivity (Wildman–Crippen MR) is 75.0 cm³/mol. The number of aliphatic imine (C=N–C) groups is 2. The van der Waals surface area contributed by atoms with Gasteiger partial charge in [0.25, 0.3) is 0 Å². The first kappa shape index (κ1) is 18.1. The van der Waals surface area contributed by atoms with Gasteiger partial charge in [-0.3, -0.25) is 0 Å². The van der Waals surface area contributed by atoms with Crippen LogP contribution in [0.4, 0.5) is 11.4 Å². The predicted octanol–water partition coefficient (Wildman–Crippen LogP) is 1.64. The summed E-state index contributed by atoms with van der Waals surface area (Å²) in [4.78, 5) is 36.9. The fraction of sp³-hybridized carbons (Fsp3) is 0.214. The molecule has 1 aromatic carbocycles. The maximum atomic E-state index is 10.1. The van der Waals surface area contributed by atoms with Crippen molar-refractivity contribution in [2.75, 3.05) is 13.2 Å². The van der Waals surface area contributed by atoms with Gasteiger partial charge in [-0.1, -0.05) is 12.6 Å². The molecule has 0 saturated heterocycles. The van der Waals surface area contributed by atoms with Crippen molar-refractivity contribution in [1.82, 2.24) is 0 Å². The number of isocyanates is 2. The third-order valence-corrected chi connectivity index (χ3v) is 2.04. The van der Waals surface area contributed by atoms with E-state index in [9.17, 15) is 14.4 Å². The number of hydrogen-bond acceptors (Lipinski definition) is 7. The Morgan fingerprint density at radius 2 is 2.05 bits per heavy atom. The van der Waals surface area contributed by atoms with Crippen LogP contribution in [0.15, 0.2) is 40.8 Å². The quantitative estimate of drug-likeness (QED) is 0.384. The Labute approximate surface area is 121 Å². The van der Waals surface area contributed by atoms with E-state index >= 15 is 0 Å². The van der Waals surface area contributed by atoms with E-state index in [2.05, 4.69) is 21.3 Å². The number of aryl methyl sites for hydroxylation is 1. The molecule has 0 spiro atoms. The third kappa shape index (κ3) is 8.02. The zero-order chi connectivity index (χ0) is 16.1. The number of esters is 1. The molecule has 0 heterocycles. The second-order valence-corrected chi connectivity index (χ2v) is 3.47. The Hall–Kier alpha value is -2.85. The van der Waals surface area contributed by atoms with Crippen LogP contribution in [0.1, 0.15) is 5.56 Å². The van der Waals surface area contributed by atoms with Gasteiger partial charge in [-0.15, -0.1) is 0 Å². The number of hydrogen-bond donors (Lipinski definition) is 1. The number of aliphatic hydroxyl groups excluding tert-OH is 1. The van der Waals surface area contributed by atoms with Crippen LogP contribution < -0.4 is 0 Å². The van der Waals surface area contributed by atoms with Crippen LogP contribution in [0.2, 0.25) is 0 Å². The summed E-state index contributed by atoms with van der Waals surface area (Å²) in [6, 6.07) is 4.88. The Morgan fingerprint density at radius 1 is 1.38 bits per heavy atom. The monoisotopic (exact) mass is 290 g/mol. The molecule has 0 aliphatic rings. The van der Waals surface area contributed by atoms with E-state index in [1.54, 1.807) is 19.1 Å². The second-order valence-electron chi connectivity index (χ2n) is 3.47. The molecule has 110 valence electrons. The first-order valence-corrected chi connectivity index (χ1v) is 5.75. The lowest BCUT2D eigenvalue weighted by Crippen LogP contribution is -2.04. The second kappa shape index (κ2) is 11.0. The molecule has 7 nitrogen and oxygen atoms in total. The fourth-order valence-corrected chi connectivity index (χ4v) is 1.09. The molecule has 1 aromatic rings. The van der Waals surface area contributed by atoms with E-state index in [0.717, 1.165) is 11.6 Å². The van der Waals surface area contributed by atoms with Gasteiger partial charge in [0, 0.05) is 6.08 Å². The highest BCUT2D eigenvalue weighted by atomic mass is 16.5. The van der Waals surface area contributed by atoms with Crippen molar-refractivity contribution >= 4 is 29.5 Å². The zero-order valence-corrected chi connectivity index (χ0v) is 11.4. The van der Waals surface area contributed by atoms with Gasteiger partial charge >= 0.3 is 5.97 Å². The number of carbonyl (C=O) groups excluding carboxylic acids is 3. The van der Waals surface area contributed by atoms with E-state index in [4.69, 9.17) is 5.11 Å². The number of carbonyl (C=O) groups is 1. The van der Waals surface area contributed by atoms with Crippen LogP contribution >= 0.6 is 0 Å². The number of nitrogens with zero attached hydrogens (tertiary/aromatic N) is 2. The lowest BCUT2D eigenvalue weighted by atomic mass is 10.2. The summed E-state index contributed by atoms with van der Waals surface area (Å²) in [6.45, 7) is 4.86. The van der Waals surface area contributed by atoms with Crippen molar-refractivity contribution in [3.05, 3.63) is 36.4 Å². The third-order valence-electron chi connectivity index (χ3n) is 2.04. The first-order chi connectivity index (χ1) is 10.1. The topological polar surface area (TPSA) is 105 Å². The van der Waals surface area contributed by atoms with Crippen molar-refractivity contribution < 1.29 is 24.2 Å². The van der Waals surface area contributed by atoms with Crippen molar-refractivity contribution in [2.45, 2.75) is 6.92 Å². The van der Waals surface area contributed by atoms with Gasteiger partial charge in [-0.2, -0.15) is 9.98 Å². The molecule has 7 heteroatoms. The Kier molecular flexibility index (Phi) is 9.52. The maximum Gasteiger partial charge on any atom is 0.330 e. The smallest absolute Gasteiger partial charge is 0.330 e. The minimum Gasteiger partial charge on any atom is -0.460 e. The standard InChI is InChI=1S/C9H6N2O2.C5H8O3/c1-7-2-3-8(10-5-12)4-9(7)11-6-13;1-2-5(7)8-4-3-6/h2-4H,1H3;2,6H,1,3-4H2. The van der Waals surface area contributed by atoms with Crippen LogP contribution in [0.25, 0.3) is 0 Å². The fourth-order valence-electron chi connectivity index (χ4n) is 1.09. The Bertz CT molecular complexity index is 585. The van der Waals surface area contributed by atoms with Crippen LogP contribution in [0.5, 0.6) is 0 Å². The highest BCUT2D eigenvalue weighted by Gasteiger charge is 1.97. The van der Waals surface area contributed by atoms with Gasteiger partial charge in [0.1, 0.15) is 6.61 Å². The minimum atomic E-state index is -0.501. The number of benzene rings is 1. The van der Waals surface area contributed by atoms with Crippen molar-refractivity contribution in [1.29, 1.82) is 0 Å². The summed E-state index contributed by atoms with van der Waals surface area (Å²) in [5, 5.41) is 8.10. The maximum absolute atomic E-state index is 10.1. The highest BCUT2D eigenvalue weighted by molar-refractivity contribution is 5.81. The van der Waals surface area contributed by atoms with E-state index in [1.165, 1.54) is 18.2 Å². The number of rotatable bonds is 5. The van der Waals surface area contributed by atoms with Crippen molar-refractivity contribution in [3.63, 3.8) is 0 Å². The molecule has 21 heavy (non-hydrogen) atoms. The summed E-state index contributed by atoms with van der Waals surface area (Å²) in [6.07, 6.45) is 3.89. The SMILES string of the molecule is C=CC(=O)OCCO.Cc1ccc(N=C=O)cc1N=C=O. The van der Waals surface area contributed by atoms with Gasteiger partial charge in [0.2, 0.25) is 12.2 Å². The largest absolute Gasteiger partial charge is 0.460 e. The van der Waals surface area contributed by atoms with Crippen molar-refractivity contribution in [3.8, 4) is 0 Å². The van der Waals surface area contributed by atoms with Gasteiger partial charge in [-0.25, -0.2) is 14.4 Å². The molecule has 0 aromatic heterocycles. The summed E-state index contributed by atoms with van der Waals surface area (Å²) >= 11 is 0. The lowest BCUT2D eigenvalue weighted by Gasteiger charge is -1.97. The Morgan fingerprint density at radius 3 is 2.57 bits per heavy atom. The Balaban J connectivity index is 0.000000433. The average molecular weight is 290 g/mol. The summed E-state index contributed by atoms with van der Waals surface area (Å²) in [5.41, 5.74) is 1.72. The van der Waals surface area contributed by atoms with Crippen LogP contribution in [-0.4, -0.2) is 36.4 Å². The first-order valence-electron chi connectivity index (χ1n) is 5.75. The number of aliphatic hydroxyl groups is 1. The van der Waals surface area contributed by atoms with E-state index in [-0.39, 0.29) is 13.2 Å². The summed E-state index contributed by atoms with van der Waals surface area (Å²) in [7, 11) is 0. The zero-order valence-electron chi connectivity index (χ0n) is 11.4. The average Bonchev–Trinajstić information content (AvgIpc) is 2.49. The molecule has 0 amide bonds. The molecular formula is C14H14N2O5. The molecule has 0 radical (unpaired) electrons. The highest BCUT2D eigenvalue weighted by Crippen LogP contribution is 2.23. The molecule has 0 atom stereocenters. The molecule has 0 unspecified atom stereocenters. The van der Waals surface area contributed by atoms with Crippen LogP contribution in [0.3, 0.4) is 0 Å². The molecule has 0 aliphatic carbocycles. The van der Waals surface area contributed by atoms with Gasteiger partial charge in [0.05, 0.1) is 18.0 Å². The molecule has 1 N–H and O–H groups in total. The molecule has 1 rings (SSSR count). The van der Waals surface area contributed by atoms with Gasteiger partial charge in [0.15, 0.2) is 0 Å². The normalized spacial score (nSPS) is 8.29.